The largest absolute Gasteiger partial charge is 0.488 e. The number of pyridine rings is 2. The summed E-state index contributed by atoms with van der Waals surface area (Å²) in [6, 6.07) is 25.0. The molecule has 15 heteroatoms. The van der Waals surface area contributed by atoms with Gasteiger partial charge in [0.25, 0.3) is 0 Å². The van der Waals surface area contributed by atoms with E-state index in [4.69, 9.17) is 42.1 Å². The van der Waals surface area contributed by atoms with E-state index in [2.05, 4.69) is 27.4 Å². The maximum Gasteiger partial charge on any atom is 0.321 e. The summed E-state index contributed by atoms with van der Waals surface area (Å²) in [6.45, 7) is 7.53. The molecule has 4 aromatic carbocycles. The molecule has 0 bridgehead atoms. The van der Waals surface area contributed by atoms with Gasteiger partial charge in [-0.2, -0.15) is 10.5 Å². The lowest BCUT2D eigenvalue weighted by Gasteiger charge is -2.24. The number of ether oxygens (including phenoxy) is 4. The van der Waals surface area contributed by atoms with E-state index >= 15 is 0 Å². The first-order chi connectivity index (χ1) is 31.3. The summed E-state index contributed by atoms with van der Waals surface area (Å²) >= 11 is 13.4. The van der Waals surface area contributed by atoms with Crippen molar-refractivity contribution in [2.75, 3.05) is 0 Å². The van der Waals surface area contributed by atoms with Crippen molar-refractivity contribution in [1.29, 1.82) is 10.5 Å². The number of nitriles is 2. The molecule has 0 aliphatic rings. The van der Waals surface area contributed by atoms with Gasteiger partial charge in [-0.3, -0.25) is 20.1 Å². The van der Waals surface area contributed by atoms with Gasteiger partial charge in [-0.15, -0.1) is 0 Å². The molecular weight excluding hydrogens is 869 g/mol. The molecule has 0 saturated carbocycles. The Kier molecular flexibility index (Phi) is 16.4. The number of benzene rings is 4. The van der Waals surface area contributed by atoms with Crippen LogP contribution in [-0.2, 0) is 44.4 Å². The Morgan fingerprint density at radius 2 is 1.14 bits per heavy atom. The SMILES string of the molecule is Cc1c(COc2cc(OCc3cncc(C#N)c3)c(CO)cc2Cl)cccc1-c1cccc(COc2cc(OCc3cncc(C#N)c3)c(CN[C@H](C(=O)O)[C@@H](C)[C@H](C)O)cc2Cl)c1C. The number of hydrogen-bond acceptors (Lipinski definition) is 12. The summed E-state index contributed by atoms with van der Waals surface area (Å²) in [4.78, 5) is 20.3. The fraction of sp³-hybridized carbons (Fsp3) is 0.260. The number of nitrogens with one attached hydrogen (secondary N) is 1. The first kappa shape index (κ1) is 47.8. The Labute approximate surface area is 387 Å². The van der Waals surface area contributed by atoms with Gasteiger partial charge in [-0.25, -0.2) is 0 Å². The fourth-order valence-electron chi connectivity index (χ4n) is 7.05. The Morgan fingerprint density at radius 1 is 0.677 bits per heavy atom. The van der Waals surface area contributed by atoms with Gasteiger partial charge in [0.15, 0.2) is 0 Å². The number of aliphatic hydroxyl groups excluding tert-OH is 2. The molecule has 2 heterocycles. The van der Waals surface area contributed by atoms with Crippen molar-refractivity contribution in [2.24, 2.45) is 5.92 Å². The molecule has 0 saturated heterocycles. The summed E-state index contributed by atoms with van der Waals surface area (Å²) in [7, 11) is 0. The first-order valence-corrected chi connectivity index (χ1v) is 21.3. The number of aliphatic carboxylic acids is 1. The number of nitrogens with zero attached hydrogens (tertiary/aromatic N) is 4. The molecule has 0 radical (unpaired) electrons. The van der Waals surface area contributed by atoms with Crippen molar-refractivity contribution < 1.29 is 39.1 Å². The second kappa shape index (κ2) is 22.3. The minimum absolute atomic E-state index is 0.0570. The van der Waals surface area contributed by atoms with Crippen LogP contribution in [-0.4, -0.2) is 43.4 Å². The van der Waals surface area contributed by atoms with E-state index in [0.717, 1.165) is 33.4 Å². The Hall–Kier alpha value is -6.71. The van der Waals surface area contributed by atoms with E-state index in [1.54, 1.807) is 62.6 Å². The molecule has 6 rings (SSSR count). The lowest BCUT2D eigenvalue weighted by Crippen LogP contribution is -2.45. The lowest BCUT2D eigenvalue weighted by atomic mass is 9.92. The second-order valence-electron chi connectivity index (χ2n) is 15.5. The third-order valence-electron chi connectivity index (χ3n) is 11.1. The Morgan fingerprint density at radius 3 is 1.58 bits per heavy atom. The summed E-state index contributed by atoms with van der Waals surface area (Å²) in [5.74, 6) is -0.220. The molecule has 0 fully saturated rings. The van der Waals surface area contributed by atoms with Crippen molar-refractivity contribution in [1.82, 2.24) is 15.3 Å². The Balaban J connectivity index is 1.20. The van der Waals surface area contributed by atoms with E-state index < -0.39 is 24.0 Å². The zero-order valence-electron chi connectivity index (χ0n) is 36.1. The molecule has 334 valence electrons. The average Bonchev–Trinajstić information content (AvgIpc) is 3.30. The number of aromatic nitrogens is 2. The van der Waals surface area contributed by atoms with Gasteiger partial charge in [-0.05, 0) is 78.4 Å². The fourth-order valence-corrected chi connectivity index (χ4v) is 7.53. The predicted molar refractivity (Wildman–Crippen MR) is 245 cm³/mol. The molecule has 65 heavy (non-hydrogen) atoms. The highest BCUT2D eigenvalue weighted by molar-refractivity contribution is 6.32. The molecular formula is C50H47Cl2N5O8. The average molecular weight is 917 g/mol. The van der Waals surface area contributed by atoms with Crippen molar-refractivity contribution >= 4 is 29.2 Å². The molecule has 13 nitrogen and oxygen atoms in total. The minimum Gasteiger partial charge on any atom is -0.488 e. The monoisotopic (exact) mass is 915 g/mol. The number of carboxylic acid groups (broad SMARTS) is 1. The highest BCUT2D eigenvalue weighted by Gasteiger charge is 2.28. The number of carboxylic acids is 1. The molecule has 0 aliphatic heterocycles. The van der Waals surface area contributed by atoms with Gasteiger partial charge in [0.1, 0.15) is 67.6 Å². The number of halogens is 2. The standard InChI is InChI=1S/C50H47Cl2N5O8/c1-29(32(4)59)49(50(60)61)57-23-39-13-43(51)47(15-45(39)62-25-35-11-33(17-53)19-55-21-35)64-27-37-7-5-9-41(30(37)2)42-10-6-8-38(31(42)3)28-65-48-16-46(40(24-58)14-44(48)52)63-26-36-12-34(18-54)20-56-22-36/h5-16,19-22,29,32,49,57-59H,23-28H2,1-4H3,(H,60,61)/t29-,32-,49-/m0/s1. The molecule has 6 aromatic rings. The van der Waals surface area contributed by atoms with Gasteiger partial charge in [0.05, 0.1) is 33.9 Å². The highest BCUT2D eigenvalue weighted by atomic mass is 35.5. The van der Waals surface area contributed by atoms with Crippen LogP contribution in [0.2, 0.25) is 10.0 Å². The topological polar surface area (TPSA) is 200 Å². The zero-order valence-corrected chi connectivity index (χ0v) is 37.7. The summed E-state index contributed by atoms with van der Waals surface area (Å²) in [6.07, 6.45) is 5.26. The molecule has 4 N–H and O–H groups in total. The minimum atomic E-state index is -1.11. The first-order valence-electron chi connectivity index (χ1n) is 20.6. The van der Waals surface area contributed by atoms with E-state index in [-0.39, 0.29) is 44.6 Å². The third kappa shape index (κ3) is 12.1. The maximum absolute atomic E-state index is 12.1. The highest BCUT2D eigenvalue weighted by Crippen LogP contribution is 2.37. The normalized spacial score (nSPS) is 12.3. The van der Waals surface area contributed by atoms with E-state index in [1.165, 1.54) is 12.4 Å². The van der Waals surface area contributed by atoms with Crippen molar-refractivity contribution in [2.45, 2.75) is 79.4 Å². The van der Waals surface area contributed by atoms with Gasteiger partial charge in [0.2, 0.25) is 0 Å². The van der Waals surface area contributed by atoms with Crippen molar-refractivity contribution in [3.05, 3.63) is 163 Å². The summed E-state index contributed by atoms with van der Waals surface area (Å²) in [5, 5.41) is 52.3. The van der Waals surface area contributed by atoms with Gasteiger partial charge >= 0.3 is 5.97 Å². The van der Waals surface area contributed by atoms with Crippen LogP contribution in [0.3, 0.4) is 0 Å². The molecule has 0 aliphatic carbocycles. The number of carbonyl (C=O) groups is 1. The Bertz CT molecular complexity index is 2750. The number of rotatable bonds is 20. The number of aliphatic hydroxyl groups is 2. The van der Waals surface area contributed by atoms with E-state index in [9.17, 15) is 30.6 Å². The van der Waals surface area contributed by atoms with Crippen molar-refractivity contribution in [3.63, 3.8) is 0 Å². The summed E-state index contributed by atoms with van der Waals surface area (Å²) < 4.78 is 24.9. The van der Waals surface area contributed by atoms with Crippen LogP contribution in [0.1, 0.15) is 69.5 Å². The van der Waals surface area contributed by atoms with Crippen LogP contribution in [0.5, 0.6) is 23.0 Å². The summed E-state index contributed by atoms with van der Waals surface area (Å²) in [5.41, 5.74) is 8.97. The maximum atomic E-state index is 12.1. The molecule has 0 spiro atoms. The van der Waals surface area contributed by atoms with E-state index in [0.29, 0.717) is 61.4 Å². The van der Waals surface area contributed by atoms with Crippen LogP contribution in [0.4, 0.5) is 0 Å². The molecule has 2 aromatic heterocycles. The second-order valence-corrected chi connectivity index (χ2v) is 16.3. The molecule has 3 atom stereocenters. The van der Waals surface area contributed by atoms with Crippen LogP contribution in [0, 0.1) is 42.4 Å². The third-order valence-corrected chi connectivity index (χ3v) is 11.6. The molecule has 0 unspecified atom stereocenters. The van der Waals surface area contributed by atoms with Gasteiger partial charge in [0, 0.05) is 71.6 Å². The van der Waals surface area contributed by atoms with Crippen LogP contribution in [0.25, 0.3) is 11.1 Å². The smallest absolute Gasteiger partial charge is 0.321 e. The van der Waals surface area contributed by atoms with Gasteiger partial charge < -0.3 is 34.3 Å². The zero-order chi connectivity index (χ0) is 46.6. The number of hydrogen-bond donors (Lipinski definition) is 4. The quantitative estimate of drug-likeness (QED) is 0.0566. The predicted octanol–water partition coefficient (Wildman–Crippen LogP) is 9.18. The lowest BCUT2D eigenvalue weighted by molar-refractivity contribution is -0.142. The van der Waals surface area contributed by atoms with Crippen molar-refractivity contribution in [3.8, 4) is 46.3 Å². The van der Waals surface area contributed by atoms with Crippen LogP contribution < -0.4 is 24.3 Å². The molecule has 0 amide bonds. The van der Waals surface area contributed by atoms with Crippen LogP contribution in [0.15, 0.2) is 97.6 Å². The van der Waals surface area contributed by atoms with Gasteiger partial charge in [-0.1, -0.05) is 66.5 Å². The van der Waals surface area contributed by atoms with Crippen LogP contribution >= 0.6 is 23.2 Å². The van der Waals surface area contributed by atoms with E-state index in [1.807, 2.05) is 50.2 Å².